The molecule has 0 aliphatic heterocycles. The van der Waals surface area contributed by atoms with Crippen LogP contribution in [-0.2, 0) is 0 Å². The Morgan fingerprint density at radius 2 is 2.00 bits per heavy atom. The van der Waals surface area contributed by atoms with Gasteiger partial charge in [-0.05, 0) is 35.2 Å². The molecule has 23 heavy (non-hydrogen) atoms. The van der Waals surface area contributed by atoms with Crippen molar-refractivity contribution in [3.63, 3.8) is 0 Å². The van der Waals surface area contributed by atoms with E-state index in [9.17, 15) is 0 Å². The molecule has 0 aliphatic rings. The quantitative estimate of drug-likeness (QED) is 0.533. The van der Waals surface area contributed by atoms with Crippen LogP contribution in [0.5, 0.6) is 11.5 Å². The van der Waals surface area contributed by atoms with Gasteiger partial charge in [-0.25, -0.2) is 4.98 Å². The Kier molecular flexibility index (Phi) is 4.89. The average molecular weight is 345 g/mol. The predicted octanol–water partition coefficient (Wildman–Crippen LogP) is 4.33. The zero-order chi connectivity index (χ0) is 16.1. The molecule has 2 heterocycles. The van der Waals surface area contributed by atoms with Gasteiger partial charge in [0, 0.05) is 5.38 Å². The maximum Gasteiger partial charge on any atom is 0.203 e. The number of rotatable bonds is 6. The number of aromatic nitrogens is 1. The first-order valence-corrected chi connectivity index (χ1v) is 8.56. The highest BCUT2D eigenvalue weighted by Crippen LogP contribution is 2.28. The summed E-state index contributed by atoms with van der Waals surface area (Å²) in [5.74, 6) is 1.36. The van der Waals surface area contributed by atoms with Gasteiger partial charge in [-0.3, -0.25) is 5.43 Å². The molecule has 0 aliphatic carbocycles. The van der Waals surface area contributed by atoms with E-state index in [1.54, 1.807) is 31.8 Å². The van der Waals surface area contributed by atoms with Gasteiger partial charge in [0.1, 0.15) is 0 Å². The maximum atomic E-state index is 5.27. The summed E-state index contributed by atoms with van der Waals surface area (Å²) in [6.45, 7) is 0. The van der Waals surface area contributed by atoms with Crippen molar-refractivity contribution in [3.8, 4) is 22.1 Å². The van der Waals surface area contributed by atoms with Crippen molar-refractivity contribution in [2.45, 2.75) is 0 Å². The average Bonchev–Trinajstić information content (AvgIpc) is 3.26. The summed E-state index contributed by atoms with van der Waals surface area (Å²) in [7, 11) is 3.22. The second-order valence-electron chi connectivity index (χ2n) is 4.50. The molecule has 1 N–H and O–H groups in total. The summed E-state index contributed by atoms with van der Waals surface area (Å²) < 4.78 is 10.5. The van der Waals surface area contributed by atoms with Crippen LogP contribution in [0.4, 0.5) is 5.13 Å². The van der Waals surface area contributed by atoms with E-state index in [0.29, 0.717) is 11.5 Å². The van der Waals surface area contributed by atoms with Gasteiger partial charge in [0.25, 0.3) is 0 Å². The van der Waals surface area contributed by atoms with Crippen molar-refractivity contribution in [2.75, 3.05) is 19.6 Å². The van der Waals surface area contributed by atoms with E-state index in [1.807, 2.05) is 35.0 Å². The van der Waals surface area contributed by atoms with Crippen LogP contribution in [0.3, 0.4) is 0 Å². The van der Waals surface area contributed by atoms with Gasteiger partial charge in [-0.15, -0.1) is 22.7 Å². The minimum Gasteiger partial charge on any atom is -0.493 e. The van der Waals surface area contributed by atoms with E-state index in [-0.39, 0.29) is 0 Å². The summed E-state index contributed by atoms with van der Waals surface area (Å²) >= 11 is 3.19. The summed E-state index contributed by atoms with van der Waals surface area (Å²) in [6, 6.07) is 9.69. The first-order valence-electron chi connectivity index (χ1n) is 6.80. The maximum absolute atomic E-state index is 5.27. The van der Waals surface area contributed by atoms with E-state index in [4.69, 9.17) is 9.47 Å². The van der Waals surface area contributed by atoms with Crippen LogP contribution in [0.1, 0.15) is 5.56 Å². The number of benzene rings is 1. The molecular weight excluding hydrogens is 330 g/mol. The van der Waals surface area contributed by atoms with Crippen molar-refractivity contribution in [2.24, 2.45) is 5.10 Å². The van der Waals surface area contributed by atoms with E-state index in [2.05, 4.69) is 21.6 Å². The topological polar surface area (TPSA) is 55.7 Å². The van der Waals surface area contributed by atoms with Crippen molar-refractivity contribution < 1.29 is 9.47 Å². The van der Waals surface area contributed by atoms with Crippen molar-refractivity contribution in [1.82, 2.24) is 4.98 Å². The van der Waals surface area contributed by atoms with Crippen LogP contribution in [0, 0.1) is 0 Å². The number of nitrogens with one attached hydrogen (secondary N) is 1. The zero-order valence-electron chi connectivity index (χ0n) is 12.6. The Morgan fingerprint density at radius 3 is 2.74 bits per heavy atom. The summed E-state index contributed by atoms with van der Waals surface area (Å²) in [6.07, 6.45) is 1.72. The summed E-state index contributed by atoms with van der Waals surface area (Å²) in [5, 5.41) is 9.02. The molecular formula is C16H15N3O2S2. The fraction of sp³-hybridized carbons (Fsp3) is 0.125. The molecule has 3 aromatic rings. The minimum absolute atomic E-state index is 0.672. The van der Waals surface area contributed by atoms with Crippen LogP contribution in [0.2, 0.25) is 0 Å². The van der Waals surface area contributed by atoms with Crippen LogP contribution < -0.4 is 14.9 Å². The van der Waals surface area contributed by atoms with Gasteiger partial charge in [-0.2, -0.15) is 5.10 Å². The molecule has 0 unspecified atom stereocenters. The lowest BCUT2D eigenvalue weighted by Gasteiger charge is -2.07. The number of thiazole rings is 1. The molecule has 0 atom stereocenters. The van der Waals surface area contributed by atoms with E-state index in [0.717, 1.165) is 21.3 Å². The number of nitrogens with zero attached hydrogens (tertiary/aromatic N) is 2. The Labute approximate surface area is 142 Å². The number of anilines is 1. The monoisotopic (exact) mass is 345 g/mol. The standard InChI is InChI=1S/C16H15N3O2S2/c1-20-13-6-5-11(8-14(13)21-2)9-17-19-16-18-12(10-23-16)15-4-3-7-22-15/h3-10H,1-2H3,(H,18,19)/b17-9-. The molecule has 2 aromatic heterocycles. The largest absolute Gasteiger partial charge is 0.493 e. The van der Waals surface area contributed by atoms with Crippen LogP contribution in [0.25, 0.3) is 10.6 Å². The first-order chi connectivity index (χ1) is 11.3. The molecule has 0 radical (unpaired) electrons. The number of methoxy groups -OCH3 is 2. The number of ether oxygens (including phenoxy) is 2. The minimum atomic E-state index is 0.672. The fourth-order valence-corrected chi connectivity index (χ4v) is 3.38. The smallest absolute Gasteiger partial charge is 0.203 e. The molecule has 118 valence electrons. The van der Waals surface area contributed by atoms with Gasteiger partial charge < -0.3 is 9.47 Å². The third-order valence-corrected chi connectivity index (χ3v) is 4.70. The molecule has 7 heteroatoms. The van der Waals surface area contributed by atoms with Crippen molar-refractivity contribution in [1.29, 1.82) is 0 Å². The normalized spacial score (nSPS) is 10.9. The third-order valence-electron chi connectivity index (χ3n) is 3.06. The summed E-state index contributed by atoms with van der Waals surface area (Å²) in [5.41, 5.74) is 4.83. The van der Waals surface area contributed by atoms with Crippen molar-refractivity contribution in [3.05, 3.63) is 46.7 Å². The Balaban J connectivity index is 1.67. The lowest BCUT2D eigenvalue weighted by atomic mass is 10.2. The number of thiophene rings is 1. The Morgan fingerprint density at radius 1 is 1.13 bits per heavy atom. The number of hydrazone groups is 1. The van der Waals surface area contributed by atoms with Gasteiger partial charge in [0.2, 0.25) is 5.13 Å². The molecule has 3 rings (SSSR count). The second-order valence-corrected chi connectivity index (χ2v) is 6.31. The molecule has 1 aromatic carbocycles. The summed E-state index contributed by atoms with van der Waals surface area (Å²) in [4.78, 5) is 5.66. The van der Waals surface area contributed by atoms with E-state index < -0.39 is 0 Å². The van der Waals surface area contributed by atoms with Gasteiger partial charge in [0.05, 0.1) is 31.0 Å². The Bertz CT molecular complexity index is 798. The van der Waals surface area contributed by atoms with Crippen LogP contribution in [0.15, 0.2) is 46.2 Å². The Hall–Kier alpha value is -2.38. The highest BCUT2D eigenvalue weighted by Gasteiger charge is 2.05. The predicted molar refractivity (Wildman–Crippen MR) is 96.2 cm³/mol. The van der Waals surface area contributed by atoms with Crippen LogP contribution >= 0.6 is 22.7 Å². The van der Waals surface area contributed by atoms with Gasteiger partial charge in [-0.1, -0.05) is 6.07 Å². The third kappa shape index (κ3) is 3.69. The van der Waals surface area contributed by atoms with E-state index in [1.165, 1.54) is 11.3 Å². The fourth-order valence-electron chi connectivity index (χ4n) is 1.96. The molecule has 0 saturated heterocycles. The SMILES string of the molecule is COc1ccc(/C=N\Nc2nc(-c3cccs3)cs2)cc1OC. The molecule has 0 saturated carbocycles. The number of hydrogen-bond acceptors (Lipinski definition) is 7. The number of hydrogen-bond donors (Lipinski definition) is 1. The molecule has 0 spiro atoms. The van der Waals surface area contributed by atoms with Crippen molar-refractivity contribution >= 4 is 34.0 Å². The highest BCUT2D eigenvalue weighted by molar-refractivity contribution is 7.15. The second kappa shape index (κ2) is 7.26. The van der Waals surface area contributed by atoms with Gasteiger partial charge >= 0.3 is 0 Å². The zero-order valence-corrected chi connectivity index (χ0v) is 14.3. The lowest BCUT2D eigenvalue weighted by Crippen LogP contribution is -1.93. The highest BCUT2D eigenvalue weighted by atomic mass is 32.1. The molecule has 5 nitrogen and oxygen atoms in total. The molecule has 0 fully saturated rings. The molecule has 0 bridgehead atoms. The van der Waals surface area contributed by atoms with E-state index >= 15 is 0 Å². The molecule has 0 amide bonds. The van der Waals surface area contributed by atoms with Gasteiger partial charge in [0.15, 0.2) is 11.5 Å². The van der Waals surface area contributed by atoms with Crippen LogP contribution in [-0.4, -0.2) is 25.4 Å². The lowest BCUT2D eigenvalue weighted by molar-refractivity contribution is 0.355. The first kappa shape index (κ1) is 15.5.